The zero-order valence-corrected chi connectivity index (χ0v) is 16.0. The van der Waals surface area contributed by atoms with Crippen molar-refractivity contribution in [2.24, 2.45) is 0 Å². The molecule has 26 heavy (non-hydrogen) atoms. The summed E-state index contributed by atoms with van der Waals surface area (Å²) in [5, 5.41) is 5.81. The van der Waals surface area contributed by atoms with Gasteiger partial charge >= 0.3 is 0 Å². The molecule has 5 nitrogen and oxygen atoms in total. The number of fused-ring (bicyclic) bond motifs is 1. The van der Waals surface area contributed by atoms with Crippen LogP contribution in [-0.4, -0.2) is 39.8 Å². The standard InChI is InChI=1S/C19H21ClN4OS/c20-15-5-3-4-14(10-15)17(23-6-1-2-7-23)12-21-18(25)11-16-13-24-8-9-26-19(24)22-16/h3-5,8-10,13,17H,1-2,6-7,11-12H2,(H,21,25). The summed E-state index contributed by atoms with van der Waals surface area (Å²) in [5.74, 6) is 0.00183. The van der Waals surface area contributed by atoms with E-state index < -0.39 is 0 Å². The predicted octanol–water partition coefficient (Wildman–Crippen LogP) is 3.55. The van der Waals surface area contributed by atoms with Gasteiger partial charge < -0.3 is 5.32 Å². The van der Waals surface area contributed by atoms with Crippen molar-refractivity contribution in [3.63, 3.8) is 0 Å². The topological polar surface area (TPSA) is 49.6 Å². The Morgan fingerprint density at radius 2 is 2.19 bits per heavy atom. The molecule has 1 atom stereocenters. The first-order valence-corrected chi connectivity index (χ1v) is 10.1. The number of rotatable bonds is 6. The van der Waals surface area contributed by atoms with E-state index in [4.69, 9.17) is 11.6 Å². The molecule has 1 aromatic carbocycles. The van der Waals surface area contributed by atoms with Gasteiger partial charge in [0, 0.05) is 29.3 Å². The molecule has 4 rings (SSSR count). The number of thiazole rings is 1. The molecule has 1 aliphatic rings. The minimum Gasteiger partial charge on any atom is -0.354 e. The maximum atomic E-state index is 12.4. The number of amides is 1. The maximum absolute atomic E-state index is 12.4. The van der Waals surface area contributed by atoms with Gasteiger partial charge in [0.15, 0.2) is 4.96 Å². The molecule has 1 unspecified atom stereocenters. The summed E-state index contributed by atoms with van der Waals surface area (Å²) >= 11 is 7.75. The smallest absolute Gasteiger partial charge is 0.226 e. The SMILES string of the molecule is O=C(Cc1cn2ccsc2n1)NCC(c1cccc(Cl)c1)N1CCCC1. The number of aromatic nitrogens is 2. The number of carbonyl (C=O) groups excluding carboxylic acids is 1. The van der Waals surface area contributed by atoms with Crippen molar-refractivity contribution in [1.29, 1.82) is 0 Å². The number of benzene rings is 1. The summed E-state index contributed by atoms with van der Waals surface area (Å²) in [7, 11) is 0. The lowest BCUT2D eigenvalue weighted by Crippen LogP contribution is -2.37. The van der Waals surface area contributed by atoms with Gasteiger partial charge in [-0.1, -0.05) is 23.7 Å². The number of likely N-dealkylation sites (tertiary alicyclic amines) is 1. The third kappa shape index (κ3) is 3.92. The van der Waals surface area contributed by atoms with Crippen LogP contribution in [0.3, 0.4) is 0 Å². The molecule has 0 radical (unpaired) electrons. The summed E-state index contributed by atoms with van der Waals surface area (Å²) in [6.07, 6.45) is 6.58. The molecule has 136 valence electrons. The van der Waals surface area contributed by atoms with Crippen molar-refractivity contribution in [2.75, 3.05) is 19.6 Å². The van der Waals surface area contributed by atoms with E-state index in [1.54, 1.807) is 11.3 Å². The first-order valence-electron chi connectivity index (χ1n) is 8.86. The number of carbonyl (C=O) groups is 1. The zero-order chi connectivity index (χ0) is 17.9. The van der Waals surface area contributed by atoms with E-state index in [2.05, 4.69) is 21.3 Å². The fourth-order valence-electron chi connectivity index (χ4n) is 3.52. The molecule has 1 saturated heterocycles. The lowest BCUT2D eigenvalue weighted by Gasteiger charge is -2.28. The molecular weight excluding hydrogens is 368 g/mol. The molecule has 1 aliphatic heterocycles. The van der Waals surface area contributed by atoms with Crippen LogP contribution >= 0.6 is 22.9 Å². The summed E-state index contributed by atoms with van der Waals surface area (Å²) in [5.41, 5.74) is 1.96. The van der Waals surface area contributed by atoms with Gasteiger partial charge in [0.1, 0.15) is 0 Å². The van der Waals surface area contributed by atoms with Crippen LogP contribution in [0.4, 0.5) is 0 Å². The van der Waals surface area contributed by atoms with Crippen molar-refractivity contribution in [2.45, 2.75) is 25.3 Å². The van der Waals surface area contributed by atoms with Gasteiger partial charge in [0.2, 0.25) is 5.91 Å². The second-order valence-electron chi connectivity index (χ2n) is 6.62. The predicted molar refractivity (Wildman–Crippen MR) is 105 cm³/mol. The fraction of sp³-hybridized carbons (Fsp3) is 0.368. The summed E-state index contributed by atoms with van der Waals surface area (Å²) < 4.78 is 1.95. The highest BCUT2D eigenvalue weighted by molar-refractivity contribution is 7.15. The number of hydrogen-bond donors (Lipinski definition) is 1. The van der Waals surface area contributed by atoms with Crippen LogP contribution < -0.4 is 5.32 Å². The first kappa shape index (κ1) is 17.5. The Bertz CT molecular complexity index is 871. The van der Waals surface area contributed by atoms with Gasteiger partial charge in [-0.2, -0.15) is 0 Å². The number of halogens is 1. The van der Waals surface area contributed by atoms with Crippen LogP contribution in [0.15, 0.2) is 42.0 Å². The Labute approximate surface area is 161 Å². The van der Waals surface area contributed by atoms with Gasteiger partial charge in [-0.15, -0.1) is 11.3 Å². The summed E-state index contributed by atoms with van der Waals surface area (Å²) in [6.45, 7) is 2.70. The van der Waals surface area contributed by atoms with E-state index in [0.29, 0.717) is 13.0 Å². The van der Waals surface area contributed by atoms with Gasteiger partial charge in [0.05, 0.1) is 18.2 Å². The van der Waals surface area contributed by atoms with Crippen LogP contribution in [0.25, 0.3) is 4.96 Å². The van der Waals surface area contributed by atoms with Crippen molar-refractivity contribution in [3.8, 4) is 0 Å². The van der Waals surface area contributed by atoms with Gasteiger partial charge in [-0.05, 0) is 43.6 Å². The van der Waals surface area contributed by atoms with Crippen LogP contribution in [-0.2, 0) is 11.2 Å². The normalized spacial score (nSPS) is 16.2. The largest absolute Gasteiger partial charge is 0.354 e. The molecule has 0 bridgehead atoms. The summed E-state index contributed by atoms with van der Waals surface area (Å²) in [6, 6.07) is 8.10. The highest BCUT2D eigenvalue weighted by atomic mass is 35.5. The lowest BCUT2D eigenvalue weighted by molar-refractivity contribution is -0.120. The minimum absolute atomic E-state index is 0.00183. The monoisotopic (exact) mass is 388 g/mol. The molecule has 7 heteroatoms. The molecule has 2 aromatic heterocycles. The molecule has 3 aromatic rings. The second kappa shape index (κ2) is 7.78. The highest BCUT2D eigenvalue weighted by Gasteiger charge is 2.24. The highest BCUT2D eigenvalue weighted by Crippen LogP contribution is 2.26. The molecule has 3 heterocycles. The van der Waals surface area contributed by atoms with E-state index in [9.17, 15) is 4.79 Å². The molecule has 0 aliphatic carbocycles. The van der Waals surface area contributed by atoms with E-state index in [0.717, 1.165) is 34.3 Å². The second-order valence-corrected chi connectivity index (χ2v) is 7.93. The third-order valence-electron chi connectivity index (χ3n) is 4.79. The van der Waals surface area contributed by atoms with Crippen molar-refractivity contribution < 1.29 is 4.79 Å². The Morgan fingerprint density at radius 3 is 2.96 bits per heavy atom. The Balaban J connectivity index is 1.42. The third-order valence-corrected chi connectivity index (χ3v) is 5.80. The number of nitrogens with zero attached hydrogens (tertiary/aromatic N) is 3. The van der Waals surface area contributed by atoms with Gasteiger partial charge in [-0.25, -0.2) is 4.98 Å². The molecular formula is C19H21ClN4OS. The van der Waals surface area contributed by atoms with Crippen LogP contribution in [0.1, 0.15) is 30.1 Å². The van der Waals surface area contributed by atoms with E-state index in [-0.39, 0.29) is 11.9 Å². The Hall–Kier alpha value is -1.89. The maximum Gasteiger partial charge on any atom is 0.226 e. The van der Waals surface area contributed by atoms with Crippen molar-refractivity contribution in [1.82, 2.24) is 19.6 Å². The Morgan fingerprint density at radius 1 is 1.35 bits per heavy atom. The number of hydrogen-bond acceptors (Lipinski definition) is 4. The van der Waals surface area contributed by atoms with Crippen LogP contribution in [0, 0.1) is 0 Å². The van der Waals surface area contributed by atoms with E-state index in [1.165, 1.54) is 12.8 Å². The summed E-state index contributed by atoms with van der Waals surface area (Å²) in [4.78, 5) is 20.3. The van der Waals surface area contributed by atoms with E-state index >= 15 is 0 Å². The Kier molecular flexibility index (Phi) is 5.24. The molecule has 0 spiro atoms. The lowest BCUT2D eigenvalue weighted by atomic mass is 10.1. The average Bonchev–Trinajstić information content (AvgIpc) is 3.32. The van der Waals surface area contributed by atoms with Crippen LogP contribution in [0.5, 0.6) is 0 Å². The van der Waals surface area contributed by atoms with E-state index in [1.807, 2.05) is 40.4 Å². The average molecular weight is 389 g/mol. The molecule has 1 amide bonds. The van der Waals surface area contributed by atoms with Crippen molar-refractivity contribution in [3.05, 3.63) is 58.3 Å². The van der Waals surface area contributed by atoms with Crippen LogP contribution in [0.2, 0.25) is 5.02 Å². The molecule has 1 fully saturated rings. The minimum atomic E-state index is 0.00183. The van der Waals surface area contributed by atoms with Gasteiger partial charge in [-0.3, -0.25) is 14.1 Å². The quantitative estimate of drug-likeness (QED) is 0.702. The van der Waals surface area contributed by atoms with Crippen molar-refractivity contribution >= 4 is 33.8 Å². The first-order chi connectivity index (χ1) is 12.7. The number of nitrogens with one attached hydrogen (secondary N) is 1. The van der Waals surface area contributed by atoms with Gasteiger partial charge in [0.25, 0.3) is 0 Å². The molecule has 0 saturated carbocycles. The zero-order valence-electron chi connectivity index (χ0n) is 14.4. The number of imidazole rings is 1. The fourth-order valence-corrected chi connectivity index (χ4v) is 4.44. The molecule has 1 N–H and O–H groups in total.